The Morgan fingerprint density at radius 1 is 0.950 bits per heavy atom. The van der Waals surface area contributed by atoms with Gasteiger partial charge in [0.1, 0.15) is 0 Å². The van der Waals surface area contributed by atoms with E-state index in [1.807, 2.05) is 9.80 Å². The molecule has 4 heteroatoms. The summed E-state index contributed by atoms with van der Waals surface area (Å²) in [7, 11) is 0. The van der Waals surface area contributed by atoms with Gasteiger partial charge in [0, 0.05) is 39.0 Å². The van der Waals surface area contributed by atoms with Gasteiger partial charge < -0.3 is 9.80 Å². The lowest BCUT2D eigenvalue weighted by Gasteiger charge is -2.36. The standard InChI is InChI=1S/C16H30N2O2/c1-13(2)6-7-14(19)17-8-10-18(11-9-17)15(20)12-16(3,4)5/h13H,6-12H2,1-5H3. The van der Waals surface area contributed by atoms with Crippen LogP contribution >= 0.6 is 0 Å². The fraction of sp³-hybridized carbons (Fsp3) is 0.875. The molecule has 1 aliphatic rings. The maximum atomic E-state index is 12.1. The Balaban J connectivity index is 2.36. The molecule has 0 saturated carbocycles. The molecule has 1 aliphatic heterocycles. The third-order valence-electron chi connectivity index (χ3n) is 3.60. The van der Waals surface area contributed by atoms with E-state index < -0.39 is 0 Å². The molecule has 20 heavy (non-hydrogen) atoms. The summed E-state index contributed by atoms with van der Waals surface area (Å²) in [6.07, 6.45) is 2.16. The van der Waals surface area contributed by atoms with Crippen molar-refractivity contribution in [2.24, 2.45) is 11.3 Å². The molecule has 0 aliphatic carbocycles. The summed E-state index contributed by atoms with van der Waals surface area (Å²) < 4.78 is 0. The topological polar surface area (TPSA) is 40.6 Å². The van der Waals surface area contributed by atoms with Crippen LogP contribution in [0.25, 0.3) is 0 Å². The van der Waals surface area contributed by atoms with Crippen LogP contribution in [0.3, 0.4) is 0 Å². The largest absolute Gasteiger partial charge is 0.339 e. The van der Waals surface area contributed by atoms with E-state index in [1.54, 1.807) is 0 Å². The molecule has 1 fully saturated rings. The Bertz CT molecular complexity index is 337. The zero-order valence-electron chi connectivity index (χ0n) is 13.7. The van der Waals surface area contributed by atoms with E-state index in [-0.39, 0.29) is 17.2 Å². The van der Waals surface area contributed by atoms with Crippen LogP contribution in [-0.4, -0.2) is 47.8 Å². The van der Waals surface area contributed by atoms with Crippen LogP contribution in [0.2, 0.25) is 0 Å². The van der Waals surface area contributed by atoms with E-state index in [2.05, 4.69) is 34.6 Å². The monoisotopic (exact) mass is 282 g/mol. The van der Waals surface area contributed by atoms with E-state index >= 15 is 0 Å². The minimum Gasteiger partial charge on any atom is -0.339 e. The summed E-state index contributed by atoms with van der Waals surface area (Å²) in [6, 6.07) is 0. The van der Waals surface area contributed by atoms with Gasteiger partial charge in [0.25, 0.3) is 0 Å². The molecule has 4 nitrogen and oxygen atoms in total. The Morgan fingerprint density at radius 3 is 1.80 bits per heavy atom. The molecule has 0 aromatic heterocycles. The van der Waals surface area contributed by atoms with Crippen molar-refractivity contribution < 1.29 is 9.59 Å². The number of carbonyl (C=O) groups excluding carboxylic acids is 2. The van der Waals surface area contributed by atoms with Gasteiger partial charge in [0.15, 0.2) is 0 Å². The van der Waals surface area contributed by atoms with Crippen LogP contribution < -0.4 is 0 Å². The molecule has 0 N–H and O–H groups in total. The smallest absolute Gasteiger partial charge is 0.223 e. The van der Waals surface area contributed by atoms with E-state index in [9.17, 15) is 9.59 Å². The maximum absolute atomic E-state index is 12.1. The third-order valence-corrected chi connectivity index (χ3v) is 3.60. The summed E-state index contributed by atoms with van der Waals surface area (Å²) >= 11 is 0. The van der Waals surface area contributed by atoms with Crippen LogP contribution in [0.5, 0.6) is 0 Å². The van der Waals surface area contributed by atoms with Gasteiger partial charge in [-0.25, -0.2) is 0 Å². The summed E-state index contributed by atoms with van der Waals surface area (Å²) in [5, 5.41) is 0. The van der Waals surface area contributed by atoms with Crippen LogP contribution in [0.4, 0.5) is 0 Å². The lowest BCUT2D eigenvalue weighted by atomic mass is 9.91. The average Bonchev–Trinajstić information content (AvgIpc) is 2.34. The molecule has 2 amide bonds. The van der Waals surface area contributed by atoms with Crippen molar-refractivity contribution in [3.63, 3.8) is 0 Å². The normalized spacial score (nSPS) is 16.7. The number of rotatable bonds is 4. The first kappa shape index (κ1) is 17.0. The SMILES string of the molecule is CC(C)CCC(=O)N1CCN(C(=O)CC(C)(C)C)CC1. The maximum Gasteiger partial charge on any atom is 0.223 e. The molecule has 0 unspecified atom stereocenters. The lowest BCUT2D eigenvalue weighted by Crippen LogP contribution is -2.51. The number of carbonyl (C=O) groups is 2. The van der Waals surface area contributed by atoms with Gasteiger partial charge in [-0.3, -0.25) is 9.59 Å². The van der Waals surface area contributed by atoms with Crippen molar-refractivity contribution in [2.75, 3.05) is 26.2 Å². The quantitative estimate of drug-likeness (QED) is 0.795. The lowest BCUT2D eigenvalue weighted by molar-refractivity contribution is -0.140. The Morgan fingerprint density at radius 2 is 1.40 bits per heavy atom. The molecular formula is C16H30N2O2. The highest BCUT2D eigenvalue weighted by Gasteiger charge is 2.26. The molecule has 1 saturated heterocycles. The van der Waals surface area contributed by atoms with Gasteiger partial charge in [-0.1, -0.05) is 34.6 Å². The number of hydrogen-bond donors (Lipinski definition) is 0. The fourth-order valence-electron chi connectivity index (χ4n) is 2.34. The highest BCUT2D eigenvalue weighted by molar-refractivity contribution is 5.78. The molecular weight excluding hydrogens is 252 g/mol. The van der Waals surface area contributed by atoms with E-state index in [1.165, 1.54) is 0 Å². The molecule has 0 aromatic rings. The predicted molar refractivity (Wildman–Crippen MR) is 81.3 cm³/mol. The van der Waals surface area contributed by atoms with E-state index in [4.69, 9.17) is 0 Å². The zero-order chi connectivity index (χ0) is 15.3. The van der Waals surface area contributed by atoms with Gasteiger partial charge in [-0.15, -0.1) is 0 Å². The van der Waals surface area contributed by atoms with Crippen molar-refractivity contribution in [3.8, 4) is 0 Å². The van der Waals surface area contributed by atoms with Gasteiger partial charge in [-0.05, 0) is 17.8 Å². The Hall–Kier alpha value is -1.06. The minimum atomic E-state index is 0.0291. The van der Waals surface area contributed by atoms with Gasteiger partial charge in [0.05, 0.1) is 0 Å². The van der Waals surface area contributed by atoms with Crippen molar-refractivity contribution in [1.29, 1.82) is 0 Å². The molecule has 116 valence electrons. The number of hydrogen-bond acceptors (Lipinski definition) is 2. The second-order valence-corrected chi connectivity index (χ2v) is 7.43. The van der Waals surface area contributed by atoms with Crippen molar-refractivity contribution >= 4 is 11.8 Å². The van der Waals surface area contributed by atoms with E-state index in [0.29, 0.717) is 44.9 Å². The average molecular weight is 282 g/mol. The second-order valence-electron chi connectivity index (χ2n) is 7.43. The molecule has 1 heterocycles. The fourth-order valence-corrected chi connectivity index (χ4v) is 2.34. The molecule has 0 radical (unpaired) electrons. The van der Waals surface area contributed by atoms with Crippen LogP contribution in [-0.2, 0) is 9.59 Å². The predicted octanol–water partition coefficient (Wildman–Crippen LogP) is 2.53. The number of nitrogens with zero attached hydrogens (tertiary/aromatic N) is 2. The summed E-state index contributed by atoms with van der Waals surface area (Å²) in [4.78, 5) is 28.0. The highest BCUT2D eigenvalue weighted by atomic mass is 16.2. The summed E-state index contributed by atoms with van der Waals surface area (Å²) in [5.74, 6) is 1.02. The van der Waals surface area contributed by atoms with Crippen molar-refractivity contribution in [3.05, 3.63) is 0 Å². The molecule has 1 rings (SSSR count). The first-order valence-electron chi connectivity index (χ1n) is 7.74. The highest BCUT2D eigenvalue weighted by Crippen LogP contribution is 2.20. The Labute approximate surface area is 123 Å². The minimum absolute atomic E-state index is 0.0291. The van der Waals surface area contributed by atoms with Crippen LogP contribution in [0.15, 0.2) is 0 Å². The number of piperazine rings is 1. The van der Waals surface area contributed by atoms with Gasteiger partial charge in [0.2, 0.25) is 11.8 Å². The molecule has 0 aromatic carbocycles. The van der Waals surface area contributed by atoms with Crippen LogP contribution in [0.1, 0.15) is 53.9 Å². The molecule has 0 atom stereocenters. The third kappa shape index (κ3) is 5.93. The first-order valence-corrected chi connectivity index (χ1v) is 7.74. The second kappa shape index (κ2) is 7.09. The number of amides is 2. The van der Waals surface area contributed by atoms with Gasteiger partial charge in [-0.2, -0.15) is 0 Å². The molecule has 0 bridgehead atoms. The zero-order valence-corrected chi connectivity index (χ0v) is 13.7. The van der Waals surface area contributed by atoms with Crippen molar-refractivity contribution in [2.45, 2.75) is 53.9 Å². The Kier molecular flexibility index (Phi) is 6.03. The van der Waals surface area contributed by atoms with Gasteiger partial charge >= 0.3 is 0 Å². The van der Waals surface area contributed by atoms with E-state index in [0.717, 1.165) is 6.42 Å². The first-order chi connectivity index (χ1) is 9.19. The summed E-state index contributed by atoms with van der Waals surface area (Å²) in [6.45, 7) is 13.3. The summed E-state index contributed by atoms with van der Waals surface area (Å²) in [5.41, 5.74) is 0.0291. The van der Waals surface area contributed by atoms with Crippen molar-refractivity contribution in [1.82, 2.24) is 9.80 Å². The van der Waals surface area contributed by atoms with Crippen LogP contribution in [0, 0.1) is 11.3 Å². The molecule has 0 spiro atoms.